The number of amides is 1. The molecular formula is C26H21Cl3N2O3. The van der Waals surface area contributed by atoms with Crippen molar-refractivity contribution in [3.05, 3.63) is 92.4 Å². The summed E-state index contributed by atoms with van der Waals surface area (Å²) in [4.78, 5) is 12.6. The number of carbonyl (C=O) groups is 1. The number of halogens is 3. The molecule has 0 fully saturated rings. The Balaban J connectivity index is 1.63. The van der Waals surface area contributed by atoms with Gasteiger partial charge in [0.05, 0.1) is 11.1 Å². The monoisotopic (exact) mass is 514 g/mol. The van der Waals surface area contributed by atoms with E-state index in [1.807, 2.05) is 19.9 Å². The van der Waals surface area contributed by atoms with E-state index in [1.54, 1.807) is 60.7 Å². The van der Waals surface area contributed by atoms with Crippen LogP contribution in [0.4, 0.5) is 5.69 Å². The van der Waals surface area contributed by atoms with Crippen molar-refractivity contribution in [2.24, 2.45) is 0 Å². The van der Waals surface area contributed by atoms with Gasteiger partial charge in [-0.05, 0) is 74.0 Å². The molecule has 1 amide bonds. The maximum atomic E-state index is 12.6. The van der Waals surface area contributed by atoms with Crippen molar-refractivity contribution in [1.82, 2.24) is 0 Å². The van der Waals surface area contributed by atoms with Gasteiger partial charge in [0.1, 0.15) is 29.7 Å². The molecule has 174 valence electrons. The van der Waals surface area contributed by atoms with Gasteiger partial charge in [-0.3, -0.25) is 4.79 Å². The summed E-state index contributed by atoms with van der Waals surface area (Å²) < 4.78 is 11.3. The largest absolute Gasteiger partial charge is 0.489 e. The molecule has 0 spiro atoms. The minimum absolute atomic E-state index is 0.0219. The van der Waals surface area contributed by atoms with Gasteiger partial charge in [0.2, 0.25) is 0 Å². The average molecular weight is 516 g/mol. The molecule has 0 aliphatic heterocycles. The Labute approximate surface area is 213 Å². The van der Waals surface area contributed by atoms with Crippen LogP contribution in [-0.2, 0) is 11.4 Å². The Morgan fingerprint density at radius 1 is 1.03 bits per heavy atom. The average Bonchev–Trinajstić information content (AvgIpc) is 2.79. The zero-order valence-corrected chi connectivity index (χ0v) is 20.7. The molecule has 0 unspecified atom stereocenters. The molecular weight excluding hydrogens is 495 g/mol. The molecule has 0 heterocycles. The first-order valence-electron chi connectivity index (χ1n) is 10.3. The second kappa shape index (κ2) is 11.8. The lowest BCUT2D eigenvalue weighted by Gasteiger charge is -2.11. The molecule has 1 N–H and O–H groups in total. The lowest BCUT2D eigenvalue weighted by Crippen LogP contribution is -2.13. The number of rotatable bonds is 8. The maximum absolute atomic E-state index is 12.6. The van der Waals surface area contributed by atoms with Gasteiger partial charge < -0.3 is 14.8 Å². The fraction of sp³-hybridized carbons (Fsp3) is 0.154. The lowest BCUT2D eigenvalue weighted by atomic mass is 10.1. The SMILES string of the molecule is CC(C)Oc1ccc(/C=C(\C#N)C(=O)Nc2ccc(OCc3ccc(Cl)cc3Cl)cc2)cc1Cl. The number of ether oxygens (including phenoxy) is 2. The van der Waals surface area contributed by atoms with E-state index >= 15 is 0 Å². The third-order valence-corrected chi connectivity index (χ3v) is 5.40. The fourth-order valence-corrected chi connectivity index (χ4v) is 3.60. The van der Waals surface area contributed by atoms with E-state index in [2.05, 4.69) is 5.32 Å². The summed E-state index contributed by atoms with van der Waals surface area (Å²) in [5.41, 5.74) is 1.86. The first kappa shape index (κ1) is 25.5. The normalized spacial score (nSPS) is 11.1. The minimum Gasteiger partial charge on any atom is -0.489 e. The molecule has 8 heteroatoms. The molecule has 0 saturated heterocycles. The van der Waals surface area contributed by atoms with Crippen molar-refractivity contribution in [2.75, 3.05) is 5.32 Å². The fourth-order valence-electron chi connectivity index (χ4n) is 2.90. The van der Waals surface area contributed by atoms with Crippen molar-refractivity contribution in [3.8, 4) is 17.6 Å². The number of nitrogens with zero attached hydrogens (tertiary/aromatic N) is 1. The Kier molecular flexibility index (Phi) is 8.84. The van der Waals surface area contributed by atoms with E-state index in [9.17, 15) is 10.1 Å². The number of anilines is 1. The van der Waals surface area contributed by atoms with E-state index in [0.717, 1.165) is 5.56 Å². The van der Waals surface area contributed by atoms with Gasteiger partial charge in [0.15, 0.2) is 0 Å². The van der Waals surface area contributed by atoms with Crippen molar-refractivity contribution in [1.29, 1.82) is 5.26 Å². The second-order valence-corrected chi connectivity index (χ2v) is 8.78. The summed E-state index contributed by atoms with van der Waals surface area (Å²) in [6, 6.07) is 19.0. The summed E-state index contributed by atoms with van der Waals surface area (Å²) in [6.07, 6.45) is 1.44. The van der Waals surface area contributed by atoms with Gasteiger partial charge in [-0.1, -0.05) is 46.9 Å². The summed E-state index contributed by atoms with van der Waals surface area (Å²) in [5, 5.41) is 13.6. The molecule has 0 radical (unpaired) electrons. The standard InChI is InChI=1S/C26H21Cl3N2O3/c1-16(2)34-25-10-3-17(12-24(25)29)11-19(14-30)26(32)31-21-6-8-22(9-7-21)33-15-18-4-5-20(27)13-23(18)28/h3-13,16H,15H2,1-2H3,(H,31,32)/b19-11+. The molecule has 0 bridgehead atoms. The second-order valence-electron chi connectivity index (χ2n) is 7.53. The Bertz CT molecular complexity index is 1250. The van der Waals surface area contributed by atoms with Crippen molar-refractivity contribution < 1.29 is 14.3 Å². The number of benzene rings is 3. The molecule has 3 aromatic rings. The van der Waals surface area contributed by atoms with E-state index in [0.29, 0.717) is 37.8 Å². The van der Waals surface area contributed by atoms with E-state index in [-0.39, 0.29) is 18.3 Å². The van der Waals surface area contributed by atoms with E-state index in [4.69, 9.17) is 44.3 Å². The first-order valence-corrected chi connectivity index (χ1v) is 11.4. The summed E-state index contributed by atoms with van der Waals surface area (Å²) >= 11 is 18.3. The van der Waals surface area contributed by atoms with Crippen LogP contribution in [0.15, 0.2) is 66.2 Å². The van der Waals surface area contributed by atoms with Crippen LogP contribution in [0.1, 0.15) is 25.0 Å². The van der Waals surface area contributed by atoms with Gasteiger partial charge in [-0.15, -0.1) is 0 Å². The highest BCUT2D eigenvalue weighted by Crippen LogP contribution is 2.28. The maximum Gasteiger partial charge on any atom is 0.266 e. The molecule has 34 heavy (non-hydrogen) atoms. The summed E-state index contributed by atoms with van der Waals surface area (Å²) in [5.74, 6) is 0.596. The van der Waals surface area contributed by atoms with Crippen molar-refractivity contribution >= 4 is 52.5 Å². The van der Waals surface area contributed by atoms with Crippen LogP contribution >= 0.6 is 34.8 Å². The summed E-state index contributed by atoms with van der Waals surface area (Å²) in [7, 11) is 0. The number of nitrogens with one attached hydrogen (secondary N) is 1. The minimum atomic E-state index is -0.539. The van der Waals surface area contributed by atoms with Gasteiger partial charge in [0.25, 0.3) is 5.91 Å². The van der Waals surface area contributed by atoms with E-state index in [1.165, 1.54) is 6.08 Å². The summed E-state index contributed by atoms with van der Waals surface area (Å²) in [6.45, 7) is 4.07. The highest BCUT2D eigenvalue weighted by molar-refractivity contribution is 6.35. The van der Waals surface area contributed by atoms with E-state index < -0.39 is 5.91 Å². The van der Waals surface area contributed by atoms with Crippen LogP contribution in [-0.4, -0.2) is 12.0 Å². The molecule has 0 aliphatic rings. The smallest absolute Gasteiger partial charge is 0.266 e. The topological polar surface area (TPSA) is 71.3 Å². The quantitative estimate of drug-likeness (QED) is 0.248. The Morgan fingerprint density at radius 3 is 2.38 bits per heavy atom. The van der Waals surface area contributed by atoms with Crippen LogP contribution in [0.3, 0.4) is 0 Å². The molecule has 0 aliphatic carbocycles. The molecule has 0 atom stereocenters. The number of hydrogen-bond donors (Lipinski definition) is 1. The van der Waals surface area contributed by atoms with Crippen LogP contribution in [0, 0.1) is 11.3 Å². The number of nitriles is 1. The predicted octanol–water partition coefficient (Wildman–Crippen LogP) is 7.56. The van der Waals surface area contributed by atoms with Gasteiger partial charge in [-0.2, -0.15) is 5.26 Å². The zero-order valence-electron chi connectivity index (χ0n) is 18.4. The van der Waals surface area contributed by atoms with Crippen LogP contribution in [0.25, 0.3) is 6.08 Å². The molecule has 3 rings (SSSR count). The van der Waals surface area contributed by atoms with Gasteiger partial charge >= 0.3 is 0 Å². The van der Waals surface area contributed by atoms with Crippen LogP contribution in [0.2, 0.25) is 15.1 Å². The van der Waals surface area contributed by atoms with Crippen LogP contribution in [0.5, 0.6) is 11.5 Å². The molecule has 3 aromatic carbocycles. The van der Waals surface area contributed by atoms with Crippen molar-refractivity contribution in [3.63, 3.8) is 0 Å². The molecule has 5 nitrogen and oxygen atoms in total. The lowest BCUT2D eigenvalue weighted by molar-refractivity contribution is -0.112. The van der Waals surface area contributed by atoms with Gasteiger partial charge in [0, 0.05) is 21.3 Å². The zero-order chi connectivity index (χ0) is 24.7. The van der Waals surface area contributed by atoms with Crippen LogP contribution < -0.4 is 14.8 Å². The Morgan fingerprint density at radius 2 is 1.76 bits per heavy atom. The molecule has 0 saturated carbocycles. The third kappa shape index (κ3) is 7.16. The number of hydrogen-bond acceptors (Lipinski definition) is 4. The van der Waals surface area contributed by atoms with Gasteiger partial charge in [-0.25, -0.2) is 0 Å². The Hall–Kier alpha value is -3.17. The third-order valence-electron chi connectivity index (χ3n) is 4.52. The predicted molar refractivity (Wildman–Crippen MR) is 137 cm³/mol. The first-order chi connectivity index (χ1) is 16.2. The highest BCUT2D eigenvalue weighted by atomic mass is 35.5. The number of carbonyl (C=O) groups excluding carboxylic acids is 1. The molecule has 0 aromatic heterocycles. The highest BCUT2D eigenvalue weighted by Gasteiger charge is 2.11. The van der Waals surface area contributed by atoms with Crippen molar-refractivity contribution in [2.45, 2.75) is 26.6 Å².